The topological polar surface area (TPSA) is 71.1 Å². The quantitative estimate of drug-likeness (QED) is 0.726. The monoisotopic (exact) mass is 354 g/mol. The predicted molar refractivity (Wildman–Crippen MR) is 89.6 cm³/mol. The third-order valence-corrected chi connectivity index (χ3v) is 6.56. The Balaban J connectivity index is 1.69. The third kappa shape index (κ3) is 2.44. The molecule has 0 N–H and O–H groups in total. The van der Waals surface area contributed by atoms with E-state index in [2.05, 4.69) is 0 Å². The molecule has 2 bridgehead atoms. The standard InChI is InChI=1S/C19H30O6/c1-15(2,3)14-23-11-17(6,25-14)10-22-13(21)19-9-8-18(7,12(20)24-19)16(19,4)5/h14H,8-11H2,1-7H3/t14-,17+,18-,19+/m0/s1. The molecule has 2 saturated heterocycles. The lowest BCUT2D eigenvalue weighted by Gasteiger charge is -2.35. The molecule has 2 heterocycles. The molecule has 3 rings (SSSR count). The number of fused-ring (bicyclic) bond motifs is 2. The van der Waals surface area contributed by atoms with E-state index in [1.165, 1.54) is 0 Å². The van der Waals surface area contributed by atoms with Crippen molar-refractivity contribution in [1.29, 1.82) is 0 Å². The molecule has 3 fully saturated rings. The summed E-state index contributed by atoms with van der Waals surface area (Å²) < 4.78 is 22.9. The molecule has 0 aromatic rings. The molecule has 0 radical (unpaired) electrons. The number of hydrogen-bond donors (Lipinski definition) is 0. The molecule has 25 heavy (non-hydrogen) atoms. The maximum Gasteiger partial charge on any atom is 0.351 e. The minimum Gasteiger partial charge on any atom is -0.460 e. The van der Waals surface area contributed by atoms with Gasteiger partial charge in [-0.3, -0.25) is 4.79 Å². The molecule has 3 aliphatic rings. The molecule has 2 aliphatic heterocycles. The molecule has 1 aliphatic carbocycles. The number of carbonyl (C=O) groups is 2. The van der Waals surface area contributed by atoms with Crippen molar-refractivity contribution in [2.24, 2.45) is 16.2 Å². The van der Waals surface area contributed by atoms with Crippen molar-refractivity contribution >= 4 is 11.9 Å². The number of ether oxygens (including phenoxy) is 4. The van der Waals surface area contributed by atoms with Crippen molar-refractivity contribution in [3.63, 3.8) is 0 Å². The van der Waals surface area contributed by atoms with E-state index in [1.807, 2.05) is 48.5 Å². The Morgan fingerprint density at radius 1 is 1.20 bits per heavy atom. The maximum absolute atomic E-state index is 12.9. The zero-order valence-electron chi connectivity index (χ0n) is 16.4. The van der Waals surface area contributed by atoms with Crippen LogP contribution in [0.5, 0.6) is 0 Å². The molecule has 0 aromatic heterocycles. The molecule has 6 heteroatoms. The van der Waals surface area contributed by atoms with Crippen LogP contribution in [0.15, 0.2) is 0 Å². The van der Waals surface area contributed by atoms with Crippen LogP contribution in [0.3, 0.4) is 0 Å². The summed E-state index contributed by atoms with van der Waals surface area (Å²) in [6.07, 6.45) is 0.793. The van der Waals surface area contributed by atoms with Crippen LogP contribution >= 0.6 is 0 Å². The van der Waals surface area contributed by atoms with Gasteiger partial charge in [0.15, 0.2) is 6.29 Å². The van der Waals surface area contributed by atoms with Crippen LogP contribution in [0.1, 0.15) is 61.3 Å². The second-order valence-electron chi connectivity index (χ2n) is 9.83. The normalized spacial score (nSPS) is 42.5. The lowest BCUT2D eigenvalue weighted by molar-refractivity contribution is -0.191. The van der Waals surface area contributed by atoms with Crippen molar-refractivity contribution in [2.45, 2.75) is 78.8 Å². The van der Waals surface area contributed by atoms with Gasteiger partial charge in [-0.2, -0.15) is 0 Å². The first-order valence-electron chi connectivity index (χ1n) is 8.98. The van der Waals surface area contributed by atoms with Crippen molar-refractivity contribution in [2.75, 3.05) is 13.2 Å². The zero-order chi connectivity index (χ0) is 18.9. The van der Waals surface area contributed by atoms with Gasteiger partial charge in [0.25, 0.3) is 0 Å². The Morgan fingerprint density at radius 3 is 2.28 bits per heavy atom. The predicted octanol–water partition coefficient (Wildman–Crippen LogP) is 2.83. The molecular weight excluding hydrogens is 324 g/mol. The fraction of sp³-hybridized carbons (Fsp3) is 0.895. The van der Waals surface area contributed by atoms with E-state index < -0.39 is 28.0 Å². The van der Waals surface area contributed by atoms with Gasteiger partial charge in [-0.15, -0.1) is 0 Å². The molecule has 142 valence electrons. The fourth-order valence-corrected chi connectivity index (χ4v) is 4.12. The van der Waals surface area contributed by atoms with Crippen LogP contribution < -0.4 is 0 Å². The van der Waals surface area contributed by atoms with Crippen molar-refractivity contribution in [1.82, 2.24) is 0 Å². The molecule has 1 saturated carbocycles. The summed E-state index contributed by atoms with van der Waals surface area (Å²) in [5.41, 5.74) is -3.29. The van der Waals surface area contributed by atoms with Crippen LogP contribution in [0, 0.1) is 16.2 Å². The van der Waals surface area contributed by atoms with Crippen LogP contribution in [-0.2, 0) is 28.5 Å². The molecule has 0 amide bonds. The number of hydrogen-bond acceptors (Lipinski definition) is 6. The first-order chi connectivity index (χ1) is 11.3. The van der Waals surface area contributed by atoms with E-state index in [0.29, 0.717) is 19.4 Å². The molecule has 6 nitrogen and oxygen atoms in total. The van der Waals surface area contributed by atoms with E-state index in [9.17, 15) is 9.59 Å². The number of rotatable bonds is 3. The molecular formula is C19H30O6. The average molecular weight is 354 g/mol. The summed E-state index contributed by atoms with van der Waals surface area (Å²) in [7, 11) is 0. The molecule has 0 unspecified atom stereocenters. The fourth-order valence-electron chi connectivity index (χ4n) is 4.12. The van der Waals surface area contributed by atoms with Gasteiger partial charge in [0.05, 0.1) is 12.0 Å². The van der Waals surface area contributed by atoms with E-state index in [4.69, 9.17) is 18.9 Å². The van der Waals surface area contributed by atoms with Crippen LogP contribution in [-0.4, -0.2) is 42.6 Å². The van der Waals surface area contributed by atoms with Gasteiger partial charge in [0.2, 0.25) is 5.60 Å². The highest BCUT2D eigenvalue weighted by molar-refractivity contribution is 5.93. The second kappa shape index (κ2) is 5.19. The SMILES string of the molecule is CC(C)(C)[C@H]1OC[C@@](C)(COC(=O)[C@@]23CC[C@@](C)(C(=O)O2)C3(C)C)O1. The van der Waals surface area contributed by atoms with Crippen LogP contribution in [0.2, 0.25) is 0 Å². The molecule has 4 atom stereocenters. The van der Waals surface area contributed by atoms with Gasteiger partial charge >= 0.3 is 11.9 Å². The molecule has 0 spiro atoms. The van der Waals surface area contributed by atoms with E-state index in [-0.39, 0.29) is 24.3 Å². The first kappa shape index (κ1) is 18.6. The van der Waals surface area contributed by atoms with E-state index in [0.717, 1.165) is 0 Å². The summed E-state index contributed by atoms with van der Waals surface area (Å²) in [6, 6.07) is 0. The Kier molecular flexibility index (Phi) is 3.87. The van der Waals surface area contributed by atoms with Crippen molar-refractivity contribution in [3.8, 4) is 0 Å². The second-order valence-corrected chi connectivity index (χ2v) is 9.83. The van der Waals surface area contributed by atoms with Crippen molar-refractivity contribution in [3.05, 3.63) is 0 Å². The lowest BCUT2D eigenvalue weighted by Crippen LogP contribution is -2.50. The summed E-state index contributed by atoms with van der Waals surface area (Å²) in [4.78, 5) is 25.2. The van der Waals surface area contributed by atoms with Gasteiger partial charge in [0, 0.05) is 10.8 Å². The first-order valence-corrected chi connectivity index (χ1v) is 8.98. The van der Waals surface area contributed by atoms with Gasteiger partial charge in [-0.1, -0.05) is 34.6 Å². The van der Waals surface area contributed by atoms with E-state index >= 15 is 0 Å². The Labute approximate surface area is 149 Å². The Hall–Kier alpha value is -1.14. The van der Waals surface area contributed by atoms with Crippen LogP contribution in [0.4, 0.5) is 0 Å². The summed E-state index contributed by atoms with van der Waals surface area (Å²) in [5.74, 6) is -0.781. The van der Waals surface area contributed by atoms with E-state index in [1.54, 1.807) is 0 Å². The molecule has 0 aromatic carbocycles. The lowest BCUT2D eigenvalue weighted by atomic mass is 9.66. The van der Waals surface area contributed by atoms with Gasteiger partial charge in [0.1, 0.15) is 12.2 Å². The Morgan fingerprint density at radius 2 is 1.84 bits per heavy atom. The van der Waals surface area contributed by atoms with Gasteiger partial charge in [-0.05, 0) is 26.7 Å². The summed E-state index contributed by atoms with van der Waals surface area (Å²) in [5, 5.41) is 0. The third-order valence-electron chi connectivity index (χ3n) is 6.56. The highest BCUT2D eigenvalue weighted by atomic mass is 16.7. The summed E-state index contributed by atoms with van der Waals surface area (Å²) in [6.45, 7) is 14.1. The van der Waals surface area contributed by atoms with Gasteiger partial charge in [-0.25, -0.2) is 4.79 Å². The largest absolute Gasteiger partial charge is 0.460 e. The van der Waals surface area contributed by atoms with Gasteiger partial charge < -0.3 is 18.9 Å². The van der Waals surface area contributed by atoms with Crippen molar-refractivity contribution < 1.29 is 28.5 Å². The number of esters is 2. The highest BCUT2D eigenvalue weighted by Crippen LogP contribution is 2.65. The summed E-state index contributed by atoms with van der Waals surface area (Å²) >= 11 is 0. The zero-order valence-corrected chi connectivity index (χ0v) is 16.4. The smallest absolute Gasteiger partial charge is 0.351 e. The number of carbonyl (C=O) groups excluding carboxylic acids is 2. The van der Waals surface area contributed by atoms with Crippen LogP contribution in [0.25, 0.3) is 0 Å². The Bertz CT molecular complexity index is 606. The minimum absolute atomic E-state index is 0.0739. The average Bonchev–Trinajstić information content (AvgIpc) is 3.03. The minimum atomic E-state index is -1.20. The maximum atomic E-state index is 12.9. The highest BCUT2D eigenvalue weighted by Gasteiger charge is 2.76.